The topological polar surface area (TPSA) is 72.4 Å². The maximum Gasteiger partial charge on any atom is 0.224 e. The van der Waals surface area contributed by atoms with E-state index in [4.69, 9.17) is 16.3 Å². The number of ether oxygens (including phenoxy) is 1. The molecule has 1 aromatic rings. The lowest BCUT2D eigenvalue weighted by molar-refractivity contribution is 0.0985. The van der Waals surface area contributed by atoms with E-state index in [0.717, 1.165) is 0 Å². The normalized spacial score (nSPS) is 20.6. The molecular weight excluding hydrogens is 290 g/mol. The van der Waals surface area contributed by atoms with Gasteiger partial charge in [-0.3, -0.25) is 0 Å². The molecular formula is C11H16ClN3O3S. The number of nitrogens with zero attached hydrogens (tertiary/aromatic N) is 3. The summed E-state index contributed by atoms with van der Waals surface area (Å²) in [6, 6.07) is 1.85. The van der Waals surface area contributed by atoms with Crippen LogP contribution in [0, 0.1) is 0 Å². The zero-order chi connectivity index (χ0) is 14.0. The third kappa shape index (κ3) is 4.02. The van der Waals surface area contributed by atoms with Crippen LogP contribution < -0.4 is 4.90 Å². The SMILES string of the molecule is CC1COCCN1c1cc(CS(C)(=O)=O)nc(Cl)n1. The molecule has 0 aliphatic carbocycles. The molecule has 0 spiro atoms. The first-order chi connectivity index (χ1) is 8.85. The maximum absolute atomic E-state index is 11.3. The standard InChI is InChI=1S/C11H16ClN3O3S/c1-8-6-18-4-3-15(8)10-5-9(7-19(2,16)17)13-11(12)14-10/h5,8H,3-4,6-7H2,1-2H3. The minimum atomic E-state index is -3.15. The van der Waals surface area contributed by atoms with E-state index >= 15 is 0 Å². The molecule has 0 saturated carbocycles. The summed E-state index contributed by atoms with van der Waals surface area (Å²) in [5.74, 6) is 0.510. The molecule has 1 aliphatic rings. The second-order valence-corrected chi connectivity index (χ2v) is 7.15. The Hall–Kier alpha value is -0.920. The van der Waals surface area contributed by atoms with Crippen LogP contribution in [0.15, 0.2) is 6.07 Å². The summed E-state index contributed by atoms with van der Waals surface area (Å²) in [5, 5.41) is 0.0647. The molecule has 1 aromatic heterocycles. The highest BCUT2D eigenvalue weighted by Gasteiger charge is 2.21. The van der Waals surface area contributed by atoms with Gasteiger partial charge in [-0.15, -0.1) is 0 Å². The van der Waals surface area contributed by atoms with Gasteiger partial charge in [0, 0.05) is 18.9 Å². The van der Waals surface area contributed by atoms with Crippen molar-refractivity contribution >= 4 is 27.3 Å². The fraction of sp³-hybridized carbons (Fsp3) is 0.636. The van der Waals surface area contributed by atoms with Gasteiger partial charge in [0.2, 0.25) is 5.28 Å². The van der Waals surface area contributed by atoms with E-state index in [2.05, 4.69) is 9.97 Å². The van der Waals surface area contributed by atoms with Crippen LogP contribution in [0.4, 0.5) is 5.82 Å². The molecule has 2 rings (SSSR count). The molecule has 2 heterocycles. The molecule has 19 heavy (non-hydrogen) atoms. The van der Waals surface area contributed by atoms with Crippen LogP contribution in [0.2, 0.25) is 5.28 Å². The van der Waals surface area contributed by atoms with E-state index in [1.54, 1.807) is 6.07 Å². The Morgan fingerprint density at radius 2 is 2.26 bits per heavy atom. The first kappa shape index (κ1) is 14.5. The summed E-state index contributed by atoms with van der Waals surface area (Å²) >= 11 is 5.87. The molecule has 1 unspecified atom stereocenters. The molecule has 0 aromatic carbocycles. The van der Waals surface area contributed by atoms with Crippen molar-refractivity contribution in [1.82, 2.24) is 9.97 Å². The number of rotatable bonds is 3. The third-order valence-corrected chi connectivity index (χ3v) is 3.80. The van der Waals surface area contributed by atoms with Crippen LogP contribution in [-0.2, 0) is 20.3 Å². The first-order valence-electron chi connectivity index (χ1n) is 5.91. The van der Waals surface area contributed by atoms with Gasteiger partial charge in [-0.25, -0.2) is 18.4 Å². The molecule has 8 heteroatoms. The van der Waals surface area contributed by atoms with Crippen molar-refractivity contribution in [2.45, 2.75) is 18.7 Å². The second-order valence-electron chi connectivity index (χ2n) is 4.67. The zero-order valence-corrected chi connectivity index (χ0v) is 12.4. The highest BCUT2D eigenvalue weighted by molar-refractivity contribution is 7.89. The summed E-state index contributed by atoms with van der Waals surface area (Å²) in [5.41, 5.74) is 0.413. The van der Waals surface area contributed by atoms with Crippen molar-refractivity contribution < 1.29 is 13.2 Å². The number of aromatic nitrogens is 2. The summed E-state index contributed by atoms with van der Waals surface area (Å²) in [6.45, 7) is 3.95. The second kappa shape index (κ2) is 5.60. The predicted octanol–water partition coefficient (Wildman–Crippen LogP) is 0.900. The highest BCUT2D eigenvalue weighted by Crippen LogP contribution is 2.20. The van der Waals surface area contributed by atoms with E-state index in [-0.39, 0.29) is 17.1 Å². The Bertz CT molecular complexity index is 564. The van der Waals surface area contributed by atoms with Crippen LogP contribution in [0.5, 0.6) is 0 Å². The Morgan fingerprint density at radius 1 is 1.53 bits per heavy atom. The number of anilines is 1. The van der Waals surface area contributed by atoms with Crippen LogP contribution in [0.3, 0.4) is 0 Å². The van der Waals surface area contributed by atoms with Crippen LogP contribution in [0.1, 0.15) is 12.6 Å². The number of halogens is 1. The number of hydrogen-bond acceptors (Lipinski definition) is 6. The summed E-state index contributed by atoms with van der Waals surface area (Å²) in [7, 11) is -3.15. The molecule has 0 N–H and O–H groups in total. The Kier molecular flexibility index (Phi) is 4.27. The number of sulfone groups is 1. The molecule has 0 amide bonds. The van der Waals surface area contributed by atoms with Gasteiger partial charge in [-0.2, -0.15) is 0 Å². The molecule has 6 nitrogen and oxygen atoms in total. The fourth-order valence-corrected chi connectivity index (χ4v) is 2.89. The number of morpholine rings is 1. The quantitative estimate of drug-likeness (QED) is 0.773. The Morgan fingerprint density at radius 3 is 2.89 bits per heavy atom. The van der Waals surface area contributed by atoms with E-state index in [9.17, 15) is 8.42 Å². The van der Waals surface area contributed by atoms with Gasteiger partial charge in [0.1, 0.15) is 5.82 Å². The zero-order valence-electron chi connectivity index (χ0n) is 10.8. The van der Waals surface area contributed by atoms with Crippen LogP contribution in [0.25, 0.3) is 0 Å². The Labute approximate surface area is 117 Å². The largest absolute Gasteiger partial charge is 0.377 e. The van der Waals surface area contributed by atoms with Crippen molar-refractivity contribution in [2.24, 2.45) is 0 Å². The molecule has 0 bridgehead atoms. The van der Waals surface area contributed by atoms with Crippen LogP contribution in [-0.4, -0.2) is 50.4 Å². The Balaban J connectivity index is 2.30. The third-order valence-electron chi connectivity index (χ3n) is 2.81. The summed E-state index contributed by atoms with van der Waals surface area (Å²) < 4.78 is 28.0. The van der Waals surface area contributed by atoms with Crippen molar-refractivity contribution in [3.8, 4) is 0 Å². The van der Waals surface area contributed by atoms with Gasteiger partial charge in [0.05, 0.1) is 30.7 Å². The van der Waals surface area contributed by atoms with Crippen molar-refractivity contribution in [3.05, 3.63) is 17.0 Å². The van der Waals surface area contributed by atoms with Gasteiger partial charge in [-0.05, 0) is 18.5 Å². The van der Waals surface area contributed by atoms with E-state index < -0.39 is 9.84 Å². The molecule has 1 fully saturated rings. The molecule has 1 saturated heterocycles. The average molecular weight is 306 g/mol. The van der Waals surface area contributed by atoms with Crippen molar-refractivity contribution in [2.75, 3.05) is 30.9 Å². The fourth-order valence-electron chi connectivity index (χ4n) is 2.01. The minimum absolute atomic E-state index is 0.0647. The average Bonchev–Trinajstić information content (AvgIpc) is 2.26. The predicted molar refractivity (Wildman–Crippen MR) is 73.2 cm³/mol. The molecule has 0 radical (unpaired) electrons. The first-order valence-corrected chi connectivity index (χ1v) is 8.34. The molecule has 106 valence electrons. The lowest BCUT2D eigenvalue weighted by Gasteiger charge is -2.34. The minimum Gasteiger partial charge on any atom is -0.377 e. The van der Waals surface area contributed by atoms with Gasteiger partial charge >= 0.3 is 0 Å². The molecule has 1 atom stereocenters. The van der Waals surface area contributed by atoms with Gasteiger partial charge < -0.3 is 9.64 Å². The van der Waals surface area contributed by atoms with E-state index in [1.807, 2.05) is 11.8 Å². The molecule has 1 aliphatic heterocycles. The summed E-state index contributed by atoms with van der Waals surface area (Å²) in [4.78, 5) is 10.2. The van der Waals surface area contributed by atoms with Gasteiger partial charge in [0.25, 0.3) is 0 Å². The number of hydrogen-bond donors (Lipinski definition) is 0. The van der Waals surface area contributed by atoms with Gasteiger partial charge in [-0.1, -0.05) is 0 Å². The van der Waals surface area contributed by atoms with Crippen molar-refractivity contribution in [1.29, 1.82) is 0 Å². The van der Waals surface area contributed by atoms with Crippen molar-refractivity contribution in [3.63, 3.8) is 0 Å². The summed E-state index contributed by atoms with van der Waals surface area (Å²) in [6.07, 6.45) is 1.17. The van der Waals surface area contributed by atoms with E-state index in [1.165, 1.54) is 6.26 Å². The van der Waals surface area contributed by atoms with Crippen LogP contribution >= 0.6 is 11.6 Å². The van der Waals surface area contributed by atoms with Gasteiger partial charge in [0.15, 0.2) is 9.84 Å². The smallest absolute Gasteiger partial charge is 0.224 e. The lowest BCUT2D eigenvalue weighted by Crippen LogP contribution is -2.44. The lowest BCUT2D eigenvalue weighted by atomic mass is 10.2. The van der Waals surface area contributed by atoms with E-state index in [0.29, 0.717) is 31.3 Å². The highest BCUT2D eigenvalue weighted by atomic mass is 35.5. The monoisotopic (exact) mass is 305 g/mol. The maximum atomic E-state index is 11.3.